The fourth-order valence-corrected chi connectivity index (χ4v) is 2.74. The predicted octanol–water partition coefficient (Wildman–Crippen LogP) is 1.64. The van der Waals surface area contributed by atoms with Gasteiger partial charge in [0, 0.05) is 24.5 Å². The summed E-state index contributed by atoms with van der Waals surface area (Å²) in [7, 11) is 0. The minimum absolute atomic E-state index is 0.310. The first-order valence-corrected chi connectivity index (χ1v) is 7.38. The molecule has 2 rings (SSSR count). The molecule has 0 amide bonds. The van der Waals surface area contributed by atoms with E-state index < -0.39 is 0 Å². The molecule has 5 nitrogen and oxygen atoms in total. The van der Waals surface area contributed by atoms with Gasteiger partial charge in [0.1, 0.15) is 17.0 Å². The summed E-state index contributed by atoms with van der Waals surface area (Å²) < 4.78 is 0. The number of nitrogens with one attached hydrogen (secondary N) is 2. The Kier molecular flexibility index (Phi) is 5.07. The number of nitrogens with zero attached hydrogens (tertiary/aromatic N) is 2. The second-order valence-electron chi connectivity index (χ2n) is 4.49. The van der Waals surface area contributed by atoms with Crippen LogP contribution in [0.4, 0.5) is 5.82 Å². The van der Waals surface area contributed by atoms with Crippen LogP contribution in [0, 0.1) is 0 Å². The van der Waals surface area contributed by atoms with Gasteiger partial charge in [-0.15, -0.1) is 11.3 Å². The van der Waals surface area contributed by atoms with Crippen LogP contribution in [0.25, 0.3) is 10.2 Å². The molecule has 2 aromatic rings. The smallest absolute Gasteiger partial charge is 0.138 e. The van der Waals surface area contributed by atoms with Crippen LogP contribution in [0.3, 0.4) is 0 Å². The van der Waals surface area contributed by atoms with E-state index in [9.17, 15) is 0 Å². The minimum Gasteiger partial charge on any atom is -0.392 e. The zero-order chi connectivity index (χ0) is 13.7. The van der Waals surface area contributed by atoms with E-state index in [1.807, 2.05) is 0 Å². The first-order chi connectivity index (χ1) is 9.20. The molecule has 2 aromatic heterocycles. The highest BCUT2D eigenvalue weighted by molar-refractivity contribution is 7.18. The van der Waals surface area contributed by atoms with Gasteiger partial charge >= 0.3 is 0 Å². The zero-order valence-electron chi connectivity index (χ0n) is 11.3. The summed E-state index contributed by atoms with van der Waals surface area (Å²) in [4.78, 5) is 10.9. The number of anilines is 1. The van der Waals surface area contributed by atoms with Crippen LogP contribution in [-0.2, 0) is 6.42 Å². The second-order valence-corrected chi connectivity index (χ2v) is 5.60. The molecule has 3 N–H and O–H groups in total. The molecular formula is C13H20N4OS. The molecule has 0 bridgehead atoms. The third-order valence-electron chi connectivity index (χ3n) is 2.76. The number of rotatable bonds is 7. The summed E-state index contributed by atoms with van der Waals surface area (Å²) in [5.74, 6) is 0.889. The Labute approximate surface area is 117 Å². The standard InChI is InChI=1S/C13H20N4OS/c1-3-10-6-11-12(16-8-17-13(11)19-10)15-5-4-14-7-9(2)18/h6,8-9,14,18H,3-5,7H2,1-2H3,(H,15,16,17). The number of thiophene rings is 1. The van der Waals surface area contributed by atoms with E-state index >= 15 is 0 Å². The van der Waals surface area contributed by atoms with Crippen molar-refractivity contribution in [2.24, 2.45) is 0 Å². The normalized spacial score (nSPS) is 12.8. The van der Waals surface area contributed by atoms with Gasteiger partial charge in [-0.05, 0) is 19.4 Å². The summed E-state index contributed by atoms with van der Waals surface area (Å²) >= 11 is 1.72. The van der Waals surface area contributed by atoms with E-state index in [0.717, 1.165) is 35.5 Å². The zero-order valence-corrected chi connectivity index (χ0v) is 12.1. The van der Waals surface area contributed by atoms with Crippen molar-refractivity contribution in [2.45, 2.75) is 26.4 Å². The maximum Gasteiger partial charge on any atom is 0.138 e. The molecule has 0 radical (unpaired) electrons. The fraction of sp³-hybridized carbons (Fsp3) is 0.538. The van der Waals surface area contributed by atoms with Gasteiger partial charge in [0.15, 0.2) is 0 Å². The Balaban J connectivity index is 1.94. The monoisotopic (exact) mass is 280 g/mol. The quantitative estimate of drug-likeness (QED) is 0.673. The molecule has 1 atom stereocenters. The SMILES string of the molecule is CCc1cc2c(NCCNCC(C)O)ncnc2s1. The number of aliphatic hydroxyl groups is 1. The van der Waals surface area contributed by atoms with Gasteiger partial charge in [0.05, 0.1) is 11.5 Å². The Bertz CT molecular complexity index is 526. The minimum atomic E-state index is -0.310. The average molecular weight is 280 g/mol. The molecule has 6 heteroatoms. The third kappa shape index (κ3) is 3.86. The first kappa shape index (κ1) is 14.2. The largest absolute Gasteiger partial charge is 0.392 e. The van der Waals surface area contributed by atoms with Crippen molar-refractivity contribution in [1.82, 2.24) is 15.3 Å². The molecule has 0 aromatic carbocycles. The number of aromatic nitrogens is 2. The van der Waals surface area contributed by atoms with Crippen molar-refractivity contribution >= 4 is 27.4 Å². The summed E-state index contributed by atoms with van der Waals surface area (Å²) in [6.07, 6.45) is 2.31. The highest BCUT2D eigenvalue weighted by Gasteiger charge is 2.07. The van der Waals surface area contributed by atoms with Crippen LogP contribution < -0.4 is 10.6 Å². The van der Waals surface area contributed by atoms with Crippen LogP contribution in [0.1, 0.15) is 18.7 Å². The number of aliphatic hydroxyl groups excluding tert-OH is 1. The number of fused-ring (bicyclic) bond motifs is 1. The molecule has 104 valence electrons. The Hall–Kier alpha value is -1.24. The number of aryl methyl sites for hydroxylation is 1. The molecular weight excluding hydrogens is 260 g/mol. The molecule has 2 heterocycles. The van der Waals surface area contributed by atoms with Crippen molar-refractivity contribution in [3.05, 3.63) is 17.3 Å². The van der Waals surface area contributed by atoms with Crippen molar-refractivity contribution in [2.75, 3.05) is 25.0 Å². The van der Waals surface area contributed by atoms with Gasteiger partial charge in [-0.2, -0.15) is 0 Å². The first-order valence-electron chi connectivity index (χ1n) is 6.56. The van der Waals surface area contributed by atoms with Gasteiger partial charge in [-0.3, -0.25) is 0 Å². The highest BCUT2D eigenvalue weighted by Crippen LogP contribution is 2.28. The van der Waals surface area contributed by atoms with E-state index in [2.05, 4.69) is 33.6 Å². The Morgan fingerprint density at radius 3 is 2.95 bits per heavy atom. The van der Waals surface area contributed by atoms with Crippen LogP contribution in [-0.4, -0.2) is 40.8 Å². The Morgan fingerprint density at radius 1 is 1.37 bits per heavy atom. The second kappa shape index (κ2) is 6.79. The molecule has 0 aliphatic carbocycles. The van der Waals surface area contributed by atoms with Gasteiger partial charge in [0.2, 0.25) is 0 Å². The van der Waals surface area contributed by atoms with E-state index in [4.69, 9.17) is 5.11 Å². The van der Waals surface area contributed by atoms with Crippen LogP contribution in [0.2, 0.25) is 0 Å². The topological polar surface area (TPSA) is 70.1 Å². The fourth-order valence-electron chi connectivity index (χ4n) is 1.80. The molecule has 0 spiro atoms. The van der Waals surface area contributed by atoms with Gasteiger partial charge in [0.25, 0.3) is 0 Å². The molecule has 0 saturated heterocycles. The van der Waals surface area contributed by atoms with Gasteiger partial charge < -0.3 is 15.7 Å². The van der Waals surface area contributed by atoms with Crippen LogP contribution in [0.5, 0.6) is 0 Å². The Morgan fingerprint density at radius 2 is 2.21 bits per heavy atom. The summed E-state index contributed by atoms with van der Waals surface area (Å²) in [5.41, 5.74) is 0. The molecule has 0 fully saturated rings. The molecule has 19 heavy (non-hydrogen) atoms. The molecule has 0 aliphatic heterocycles. The average Bonchev–Trinajstić information content (AvgIpc) is 2.81. The highest BCUT2D eigenvalue weighted by atomic mass is 32.1. The van der Waals surface area contributed by atoms with Crippen LogP contribution in [0.15, 0.2) is 12.4 Å². The number of hydrogen-bond acceptors (Lipinski definition) is 6. The van der Waals surface area contributed by atoms with Gasteiger partial charge in [-0.25, -0.2) is 9.97 Å². The molecule has 0 aliphatic rings. The van der Waals surface area contributed by atoms with E-state index in [-0.39, 0.29) is 6.10 Å². The lowest BCUT2D eigenvalue weighted by atomic mass is 10.3. The third-order valence-corrected chi connectivity index (χ3v) is 3.95. The summed E-state index contributed by atoms with van der Waals surface area (Å²) in [6, 6.07) is 2.16. The maximum absolute atomic E-state index is 9.14. The molecule has 1 unspecified atom stereocenters. The van der Waals surface area contributed by atoms with Crippen molar-refractivity contribution in [1.29, 1.82) is 0 Å². The lowest BCUT2D eigenvalue weighted by molar-refractivity contribution is 0.192. The predicted molar refractivity (Wildman–Crippen MR) is 79.8 cm³/mol. The van der Waals surface area contributed by atoms with E-state index in [1.54, 1.807) is 24.6 Å². The summed E-state index contributed by atoms with van der Waals surface area (Å²) in [6.45, 7) is 6.09. The van der Waals surface area contributed by atoms with Crippen molar-refractivity contribution in [3.8, 4) is 0 Å². The molecule has 0 saturated carbocycles. The van der Waals surface area contributed by atoms with E-state index in [0.29, 0.717) is 6.54 Å². The van der Waals surface area contributed by atoms with Crippen LogP contribution >= 0.6 is 11.3 Å². The van der Waals surface area contributed by atoms with Crippen molar-refractivity contribution < 1.29 is 5.11 Å². The van der Waals surface area contributed by atoms with Gasteiger partial charge in [-0.1, -0.05) is 6.92 Å². The summed E-state index contributed by atoms with van der Waals surface area (Å²) in [5, 5.41) is 16.7. The number of hydrogen-bond donors (Lipinski definition) is 3. The lowest BCUT2D eigenvalue weighted by Crippen LogP contribution is -2.29. The maximum atomic E-state index is 9.14. The lowest BCUT2D eigenvalue weighted by Gasteiger charge is -2.08. The van der Waals surface area contributed by atoms with Crippen molar-refractivity contribution in [3.63, 3.8) is 0 Å². The van der Waals surface area contributed by atoms with E-state index in [1.165, 1.54) is 4.88 Å².